The second-order valence-electron chi connectivity index (χ2n) is 4.99. The third kappa shape index (κ3) is 3.67. The zero-order valence-corrected chi connectivity index (χ0v) is 11.9. The van der Waals surface area contributed by atoms with Crippen LogP contribution in [-0.2, 0) is 4.79 Å². The summed E-state index contributed by atoms with van der Waals surface area (Å²) in [5, 5.41) is 3.88. The van der Waals surface area contributed by atoms with Crippen LogP contribution in [0.5, 0.6) is 0 Å². The summed E-state index contributed by atoms with van der Waals surface area (Å²) < 4.78 is 0. The van der Waals surface area contributed by atoms with Gasteiger partial charge in [-0.2, -0.15) is 0 Å². The highest BCUT2D eigenvalue weighted by atomic mass is 32.1. The summed E-state index contributed by atoms with van der Waals surface area (Å²) in [5.41, 5.74) is 7.53. The van der Waals surface area contributed by atoms with E-state index < -0.39 is 0 Å². The largest absolute Gasteiger partial charge is 0.369 e. The van der Waals surface area contributed by atoms with Gasteiger partial charge in [0.1, 0.15) is 0 Å². The highest BCUT2D eigenvalue weighted by Gasteiger charge is 2.25. The Kier molecular flexibility index (Phi) is 4.37. The molecular weight excluding hydrogens is 258 g/mol. The molecule has 0 aromatic heterocycles. The molecule has 0 bridgehead atoms. The number of primary amides is 1. The number of carbonyl (C=O) groups is 1. The fourth-order valence-electron chi connectivity index (χ4n) is 2.32. The van der Waals surface area contributed by atoms with Crippen molar-refractivity contribution in [3.63, 3.8) is 0 Å². The third-order valence-corrected chi connectivity index (χ3v) is 3.74. The van der Waals surface area contributed by atoms with Crippen LogP contribution in [0.15, 0.2) is 24.3 Å². The van der Waals surface area contributed by atoms with Gasteiger partial charge < -0.3 is 16.0 Å². The van der Waals surface area contributed by atoms with Crippen LogP contribution in [0.3, 0.4) is 0 Å². The second kappa shape index (κ2) is 6.02. The molecule has 0 saturated carbocycles. The van der Waals surface area contributed by atoms with Crippen LogP contribution in [-0.4, -0.2) is 29.0 Å². The van der Waals surface area contributed by atoms with E-state index in [1.165, 1.54) is 5.56 Å². The van der Waals surface area contributed by atoms with Crippen molar-refractivity contribution in [2.45, 2.75) is 19.8 Å². The molecular formula is C14H19N3OS. The summed E-state index contributed by atoms with van der Waals surface area (Å²) in [6, 6.07) is 8.05. The summed E-state index contributed by atoms with van der Waals surface area (Å²) in [6.45, 7) is 3.53. The number of carbonyl (C=O) groups excluding carboxylic acids is 1. The van der Waals surface area contributed by atoms with Crippen LogP contribution in [0.4, 0.5) is 5.69 Å². The monoisotopic (exact) mass is 277 g/mol. The van der Waals surface area contributed by atoms with Gasteiger partial charge in [0.25, 0.3) is 0 Å². The molecule has 19 heavy (non-hydrogen) atoms. The standard InChI is InChI=1S/C14H19N3OS/c1-10-4-2-6-12(8-10)16-14(19)17-7-3-5-11(9-17)13(15)18/h2,4,6,8,11H,3,5,7,9H2,1H3,(H2,15,18)(H,16,19)/t11-/m0/s1. The maximum Gasteiger partial charge on any atom is 0.222 e. The first-order chi connectivity index (χ1) is 9.06. The van der Waals surface area contributed by atoms with E-state index in [-0.39, 0.29) is 11.8 Å². The molecule has 1 aromatic rings. The molecule has 0 aliphatic carbocycles. The van der Waals surface area contributed by atoms with Gasteiger partial charge in [0.15, 0.2) is 5.11 Å². The average molecular weight is 277 g/mol. The van der Waals surface area contributed by atoms with Crippen LogP contribution >= 0.6 is 12.2 Å². The van der Waals surface area contributed by atoms with Crippen molar-refractivity contribution in [1.29, 1.82) is 0 Å². The van der Waals surface area contributed by atoms with Gasteiger partial charge >= 0.3 is 0 Å². The Labute approximate surface area is 119 Å². The van der Waals surface area contributed by atoms with E-state index in [0.717, 1.165) is 25.1 Å². The van der Waals surface area contributed by atoms with Crippen molar-refractivity contribution in [1.82, 2.24) is 4.90 Å². The molecule has 0 unspecified atom stereocenters. The maximum absolute atomic E-state index is 11.3. The van der Waals surface area contributed by atoms with Gasteiger partial charge in [-0.3, -0.25) is 4.79 Å². The zero-order chi connectivity index (χ0) is 13.8. The number of nitrogens with two attached hydrogens (primary N) is 1. The molecule has 4 nitrogen and oxygen atoms in total. The molecule has 1 aliphatic rings. The predicted octanol–water partition coefficient (Wildman–Crippen LogP) is 1.89. The minimum Gasteiger partial charge on any atom is -0.369 e. The van der Waals surface area contributed by atoms with E-state index >= 15 is 0 Å². The number of aryl methyl sites for hydroxylation is 1. The first kappa shape index (κ1) is 13.8. The lowest BCUT2D eigenvalue weighted by atomic mass is 9.98. The summed E-state index contributed by atoms with van der Waals surface area (Å²) in [5.74, 6) is -0.325. The lowest BCUT2D eigenvalue weighted by Gasteiger charge is -2.33. The normalized spacial score (nSPS) is 19.0. The average Bonchev–Trinajstić information content (AvgIpc) is 2.39. The number of benzene rings is 1. The number of piperidine rings is 1. The number of likely N-dealkylation sites (tertiary alicyclic amines) is 1. The topological polar surface area (TPSA) is 58.4 Å². The highest BCUT2D eigenvalue weighted by Crippen LogP contribution is 2.18. The Morgan fingerprint density at radius 3 is 3.00 bits per heavy atom. The number of thiocarbonyl (C=S) groups is 1. The Morgan fingerprint density at radius 2 is 2.32 bits per heavy atom. The smallest absolute Gasteiger partial charge is 0.222 e. The minimum atomic E-state index is -0.233. The molecule has 1 heterocycles. The third-order valence-electron chi connectivity index (χ3n) is 3.38. The van der Waals surface area contributed by atoms with E-state index in [2.05, 4.69) is 5.32 Å². The van der Waals surface area contributed by atoms with E-state index in [4.69, 9.17) is 18.0 Å². The Balaban J connectivity index is 1.98. The van der Waals surface area contributed by atoms with E-state index in [1.54, 1.807) is 0 Å². The molecule has 3 N–H and O–H groups in total. The van der Waals surface area contributed by atoms with Gasteiger partial charge in [0, 0.05) is 18.8 Å². The number of amides is 1. The number of hydrogen-bond acceptors (Lipinski definition) is 2. The molecule has 1 aliphatic heterocycles. The van der Waals surface area contributed by atoms with Crippen molar-refractivity contribution < 1.29 is 4.79 Å². The molecule has 2 rings (SSSR count). The molecule has 1 amide bonds. The Bertz CT molecular complexity index is 489. The lowest BCUT2D eigenvalue weighted by Crippen LogP contribution is -2.45. The Hall–Kier alpha value is -1.62. The van der Waals surface area contributed by atoms with Gasteiger partial charge in [0.2, 0.25) is 5.91 Å². The molecule has 1 aromatic carbocycles. The van der Waals surface area contributed by atoms with Crippen molar-refractivity contribution in [3.8, 4) is 0 Å². The SMILES string of the molecule is Cc1cccc(NC(=S)N2CCC[C@H](C(N)=O)C2)c1. The highest BCUT2D eigenvalue weighted by molar-refractivity contribution is 7.80. The van der Waals surface area contributed by atoms with Crippen LogP contribution in [0, 0.1) is 12.8 Å². The number of nitrogens with one attached hydrogen (secondary N) is 1. The van der Waals surface area contributed by atoms with Crippen LogP contribution in [0.25, 0.3) is 0 Å². The number of nitrogens with zero attached hydrogens (tertiary/aromatic N) is 1. The van der Waals surface area contributed by atoms with Crippen LogP contribution < -0.4 is 11.1 Å². The van der Waals surface area contributed by atoms with Gasteiger partial charge in [-0.25, -0.2) is 0 Å². The number of hydrogen-bond donors (Lipinski definition) is 2. The maximum atomic E-state index is 11.3. The van der Waals surface area contributed by atoms with E-state index in [9.17, 15) is 4.79 Å². The van der Waals surface area contributed by atoms with Crippen molar-refractivity contribution >= 4 is 28.9 Å². The van der Waals surface area contributed by atoms with E-state index in [0.29, 0.717) is 11.7 Å². The quantitative estimate of drug-likeness (QED) is 0.811. The van der Waals surface area contributed by atoms with Gasteiger partial charge in [-0.1, -0.05) is 12.1 Å². The first-order valence-corrected chi connectivity index (χ1v) is 6.89. The predicted molar refractivity (Wildman–Crippen MR) is 80.9 cm³/mol. The Morgan fingerprint density at radius 1 is 1.53 bits per heavy atom. The van der Waals surface area contributed by atoms with Gasteiger partial charge in [-0.05, 0) is 49.7 Å². The lowest BCUT2D eigenvalue weighted by molar-refractivity contribution is -0.122. The molecule has 5 heteroatoms. The summed E-state index contributed by atoms with van der Waals surface area (Å²) in [6.07, 6.45) is 1.81. The minimum absolute atomic E-state index is 0.0917. The summed E-state index contributed by atoms with van der Waals surface area (Å²) in [7, 11) is 0. The van der Waals surface area contributed by atoms with Gasteiger partial charge in [0.05, 0.1) is 5.92 Å². The fraction of sp³-hybridized carbons (Fsp3) is 0.429. The summed E-state index contributed by atoms with van der Waals surface area (Å²) in [4.78, 5) is 13.3. The number of anilines is 1. The number of rotatable bonds is 2. The molecule has 0 spiro atoms. The zero-order valence-electron chi connectivity index (χ0n) is 11.1. The van der Waals surface area contributed by atoms with Gasteiger partial charge in [-0.15, -0.1) is 0 Å². The second-order valence-corrected chi connectivity index (χ2v) is 5.37. The molecule has 102 valence electrons. The van der Waals surface area contributed by atoms with Crippen molar-refractivity contribution in [2.75, 3.05) is 18.4 Å². The van der Waals surface area contributed by atoms with Crippen LogP contribution in [0.2, 0.25) is 0 Å². The molecule has 1 saturated heterocycles. The molecule has 1 atom stereocenters. The summed E-state index contributed by atoms with van der Waals surface area (Å²) >= 11 is 5.40. The van der Waals surface area contributed by atoms with E-state index in [1.807, 2.05) is 36.1 Å². The van der Waals surface area contributed by atoms with Crippen molar-refractivity contribution in [3.05, 3.63) is 29.8 Å². The first-order valence-electron chi connectivity index (χ1n) is 6.48. The van der Waals surface area contributed by atoms with Crippen molar-refractivity contribution in [2.24, 2.45) is 11.7 Å². The van der Waals surface area contributed by atoms with Crippen LogP contribution in [0.1, 0.15) is 18.4 Å². The fourth-order valence-corrected chi connectivity index (χ4v) is 2.60. The molecule has 0 radical (unpaired) electrons. The molecule has 1 fully saturated rings.